The van der Waals surface area contributed by atoms with Crippen molar-refractivity contribution in [2.75, 3.05) is 19.0 Å². The molecule has 0 amide bonds. The number of hydrogen-bond acceptors (Lipinski definition) is 3. The minimum atomic E-state index is -0.0227. The standard InChI is InChI=1S/C16H17NO2/c1-11-7-8-13-15(9-11)19-16(10-17-13)12-5-3-4-6-14(12)18-2/h3-9,16-17H,10H2,1-2H3. The molecular formula is C16H17NO2. The second-order valence-corrected chi connectivity index (χ2v) is 4.73. The Labute approximate surface area is 113 Å². The normalized spacial score (nSPS) is 17.1. The van der Waals surface area contributed by atoms with Crippen LogP contribution in [0.25, 0.3) is 0 Å². The Balaban J connectivity index is 1.93. The molecule has 2 aromatic carbocycles. The zero-order chi connectivity index (χ0) is 13.2. The topological polar surface area (TPSA) is 30.5 Å². The predicted molar refractivity (Wildman–Crippen MR) is 76.0 cm³/mol. The van der Waals surface area contributed by atoms with Crippen molar-refractivity contribution in [2.24, 2.45) is 0 Å². The molecule has 1 aliphatic heterocycles. The van der Waals surface area contributed by atoms with Gasteiger partial charge in [0.25, 0.3) is 0 Å². The van der Waals surface area contributed by atoms with E-state index in [1.807, 2.05) is 24.3 Å². The molecule has 0 saturated heterocycles. The Morgan fingerprint density at radius 1 is 1.21 bits per heavy atom. The summed E-state index contributed by atoms with van der Waals surface area (Å²) in [6, 6.07) is 14.2. The van der Waals surface area contributed by atoms with E-state index in [0.717, 1.165) is 29.3 Å². The second kappa shape index (κ2) is 4.84. The van der Waals surface area contributed by atoms with Gasteiger partial charge in [-0.15, -0.1) is 0 Å². The number of para-hydroxylation sites is 1. The molecule has 0 bridgehead atoms. The van der Waals surface area contributed by atoms with E-state index in [1.54, 1.807) is 7.11 Å². The van der Waals surface area contributed by atoms with Gasteiger partial charge in [0, 0.05) is 5.56 Å². The molecule has 0 saturated carbocycles. The lowest BCUT2D eigenvalue weighted by Crippen LogP contribution is -2.24. The number of aryl methyl sites for hydroxylation is 1. The Hall–Kier alpha value is -2.16. The highest BCUT2D eigenvalue weighted by atomic mass is 16.5. The molecule has 3 nitrogen and oxygen atoms in total. The lowest BCUT2D eigenvalue weighted by Gasteiger charge is -2.28. The minimum Gasteiger partial charge on any atom is -0.496 e. The number of fused-ring (bicyclic) bond motifs is 1. The van der Waals surface area contributed by atoms with Crippen LogP contribution in [-0.2, 0) is 0 Å². The molecule has 2 aromatic rings. The van der Waals surface area contributed by atoms with Gasteiger partial charge >= 0.3 is 0 Å². The van der Waals surface area contributed by atoms with Crippen LogP contribution in [0.15, 0.2) is 42.5 Å². The number of methoxy groups -OCH3 is 1. The molecule has 1 heterocycles. The van der Waals surface area contributed by atoms with E-state index >= 15 is 0 Å². The van der Waals surface area contributed by atoms with Gasteiger partial charge in [-0.2, -0.15) is 0 Å². The maximum absolute atomic E-state index is 6.10. The maximum atomic E-state index is 6.10. The molecule has 98 valence electrons. The number of anilines is 1. The summed E-state index contributed by atoms with van der Waals surface area (Å²) in [6.45, 7) is 2.81. The molecule has 1 N–H and O–H groups in total. The van der Waals surface area contributed by atoms with Gasteiger partial charge in [0.05, 0.1) is 19.3 Å². The highest BCUT2D eigenvalue weighted by Crippen LogP contribution is 2.37. The SMILES string of the molecule is COc1ccccc1C1CNc2ccc(C)cc2O1. The monoisotopic (exact) mass is 255 g/mol. The zero-order valence-corrected chi connectivity index (χ0v) is 11.1. The van der Waals surface area contributed by atoms with Crippen molar-refractivity contribution in [3.63, 3.8) is 0 Å². The van der Waals surface area contributed by atoms with Crippen molar-refractivity contribution >= 4 is 5.69 Å². The lowest BCUT2D eigenvalue weighted by atomic mass is 10.1. The van der Waals surface area contributed by atoms with Crippen LogP contribution >= 0.6 is 0 Å². The fourth-order valence-corrected chi connectivity index (χ4v) is 2.38. The van der Waals surface area contributed by atoms with E-state index in [9.17, 15) is 0 Å². The predicted octanol–water partition coefficient (Wildman–Crippen LogP) is 3.55. The molecule has 1 atom stereocenters. The zero-order valence-electron chi connectivity index (χ0n) is 11.1. The van der Waals surface area contributed by atoms with Crippen molar-refractivity contribution in [3.8, 4) is 11.5 Å². The largest absolute Gasteiger partial charge is 0.496 e. The Bertz CT molecular complexity index is 595. The van der Waals surface area contributed by atoms with E-state index < -0.39 is 0 Å². The van der Waals surface area contributed by atoms with Crippen molar-refractivity contribution < 1.29 is 9.47 Å². The maximum Gasteiger partial charge on any atom is 0.145 e. The molecule has 3 heteroatoms. The number of hydrogen-bond donors (Lipinski definition) is 1. The van der Waals surface area contributed by atoms with E-state index in [-0.39, 0.29) is 6.10 Å². The van der Waals surface area contributed by atoms with Gasteiger partial charge < -0.3 is 14.8 Å². The van der Waals surface area contributed by atoms with E-state index in [4.69, 9.17) is 9.47 Å². The van der Waals surface area contributed by atoms with Crippen molar-refractivity contribution in [1.82, 2.24) is 0 Å². The van der Waals surface area contributed by atoms with Gasteiger partial charge in [-0.1, -0.05) is 24.3 Å². The third-order valence-corrected chi connectivity index (χ3v) is 3.37. The molecule has 0 aromatic heterocycles. The number of benzene rings is 2. The molecule has 1 unspecified atom stereocenters. The smallest absolute Gasteiger partial charge is 0.145 e. The van der Waals surface area contributed by atoms with Gasteiger partial charge in [-0.3, -0.25) is 0 Å². The lowest BCUT2D eigenvalue weighted by molar-refractivity contribution is 0.205. The fourth-order valence-electron chi connectivity index (χ4n) is 2.38. The van der Waals surface area contributed by atoms with E-state index in [2.05, 4.69) is 30.4 Å². The van der Waals surface area contributed by atoms with Gasteiger partial charge in [0.1, 0.15) is 17.6 Å². The second-order valence-electron chi connectivity index (χ2n) is 4.73. The summed E-state index contributed by atoms with van der Waals surface area (Å²) >= 11 is 0. The molecule has 0 fully saturated rings. The minimum absolute atomic E-state index is 0.0227. The van der Waals surface area contributed by atoms with Gasteiger partial charge in [-0.25, -0.2) is 0 Å². The third kappa shape index (κ3) is 2.24. The molecular weight excluding hydrogens is 238 g/mol. The molecule has 0 aliphatic carbocycles. The number of ether oxygens (including phenoxy) is 2. The fraction of sp³-hybridized carbons (Fsp3) is 0.250. The van der Waals surface area contributed by atoms with Crippen molar-refractivity contribution in [3.05, 3.63) is 53.6 Å². The first-order valence-corrected chi connectivity index (χ1v) is 6.42. The first-order chi connectivity index (χ1) is 9.28. The number of nitrogens with one attached hydrogen (secondary N) is 1. The summed E-state index contributed by atoms with van der Waals surface area (Å²) in [7, 11) is 1.69. The highest BCUT2D eigenvalue weighted by molar-refractivity contribution is 5.59. The van der Waals surface area contributed by atoms with Crippen LogP contribution in [0.2, 0.25) is 0 Å². The number of rotatable bonds is 2. The molecule has 0 radical (unpaired) electrons. The third-order valence-electron chi connectivity index (χ3n) is 3.37. The summed E-state index contributed by atoms with van der Waals surface area (Å²) in [4.78, 5) is 0. The average molecular weight is 255 g/mol. The van der Waals surface area contributed by atoms with Gasteiger partial charge in [-0.05, 0) is 30.7 Å². The Morgan fingerprint density at radius 2 is 2.05 bits per heavy atom. The summed E-state index contributed by atoms with van der Waals surface area (Å²) in [6.07, 6.45) is -0.0227. The van der Waals surface area contributed by atoms with Gasteiger partial charge in [0.15, 0.2) is 0 Å². The summed E-state index contributed by atoms with van der Waals surface area (Å²) in [5, 5.41) is 3.41. The first kappa shape index (κ1) is 11.9. The van der Waals surface area contributed by atoms with Crippen LogP contribution in [-0.4, -0.2) is 13.7 Å². The van der Waals surface area contributed by atoms with Crippen molar-refractivity contribution in [2.45, 2.75) is 13.0 Å². The van der Waals surface area contributed by atoms with Gasteiger partial charge in [0.2, 0.25) is 0 Å². The quantitative estimate of drug-likeness (QED) is 0.890. The highest BCUT2D eigenvalue weighted by Gasteiger charge is 2.23. The first-order valence-electron chi connectivity index (χ1n) is 6.42. The van der Waals surface area contributed by atoms with Crippen LogP contribution in [0.5, 0.6) is 11.5 Å². The average Bonchev–Trinajstić information content (AvgIpc) is 2.46. The summed E-state index contributed by atoms with van der Waals surface area (Å²) in [5.41, 5.74) is 3.32. The Morgan fingerprint density at radius 3 is 2.89 bits per heavy atom. The van der Waals surface area contributed by atoms with Crippen LogP contribution < -0.4 is 14.8 Å². The molecule has 3 rings (SSSR count). The van der Waals surface area contributed by atoms with Crippen LogP contribution in [0.4, 0.5) is 5.69 Å². The summed E-state index contributed by atoms with van der Waals surface area (Å²) < 4.78 is 11.5. The van der Waals surface area contributed by atoms with Crippen LogP contribution in [0.1, 0.15) is 17.2 Å². The summed E-state index contributed by atoms with van der Waals surface area (Å²) in [5.74, 6) is 1.77. The molecule has 1 aliphatic rings. The van der Waals surface area contributed by atoms with Crippen LogP contribution in [0, 0.1) is 6.92 Å². The van der Waals surface area contributed by atoms with Crippen LogP contribution in [0.3, 0.4) is 0 Å². The van der Waals surface area contributed by atoms with E-state index in [0.29, 0.717) is 0 Å². The Kier molecular flexibility index (Phi) is 3.03. The van der Waals surface area contributed by atoms with E-state index in [1.165, 1.54) is 5.56 Å². The van der Waals surface area contributed by atoms with Crippen molar-refractivity contribution in [1.29, 1.82) is 0 Å². The molecule has 0 spiro atoms. The molecule has 19 heavy (non-hydrogen) atoms.